The van der Waals surface area contributed by atoms with Crippen molar-refractivity contribution in [2.45, 2.75) is 26.1 Å². The van der Waals surface area contributed by atoms with Gasteiger partial charge in [0.2, 0.25) is 5.91 Å². The van der Waals surface area contributed by atoms with Crippen LogP contribution in [0.3, 0.4) is 0 Å². The number of aromatic nitrogens is 1. The summed E-state index contributed by atoms with van der Waals surface area (Å²) in [6.45, 7) is 2.72. The van der Waals surface area contributed by atoms with Gasteiger partial charge in [-0.05, 0) is 19.1 Å². The van der Waals surface area contributed by atoms with Gasteiger partial charge in [-0.3, -0.25) is 9.59 Å². The zero-order valence-corrected chi connectivity index (χ0v) is 11.1. The predicted octanol–water partition coefficient (Wildman–Crippen LogP) is 1.33. The molecule has 0 bridgehead atoms. The first-order valence-corrected chi connectivity index (χ1v) is 5.89. The van der Waals surface area contributed by atoms with Gasteiger partial charge in [0.15, 0.2) is 11.9 Å². The molecule has 2 rings (SSSR count). The molecule has 1 unspecified atom stereocenters. The molecule has 0 saturated heterocycles. The normalized spacial score (nSPS) is 18.7. The highest BCUT2D eigenvalue weighted by Crippen LogP contribution is 2.31. The lowest BCUT2D eigenvalue weighted by Gasteiger charge is -2.15. The summed E-state index contributed by atoms with van der Waals surface area (Å²) >= 11 is 0. The van der Waals surface area contributed by atoms with E-state index in [1.165, 1.54) is 13.8 Å². The Labute approximate surface area is 117 Å². The van der Waals surface area contributed by atoms with Crippen molar-refractivity contribution >= 4 is 23.3 Å². The molecule has 0 radical (unpaired) electrons. The summed E-state index contributed by atoms with van der Waals surface area (Å²) in [6.07, 6.45) is -3.60. The largest absolute Gasteiger partial charge is 0.416 e. The lowest BCUT2D eigenvalue weighted by atomic mass is 10.2. The lowest BCUT2D eigenvalue weighted by molar-refractivity contribution is -0.137. The highest BCUT2D eigenvalue weighted by molar-refractivity contribution is 6.19. The zero-order chi connectivity index (χ0) is 15.8. The first-order chi connectivity index (χ1) is 9.70. The van der Waals surface area contributed by atoms with Crippen molar-refractivity contribution in [1.29, 1.82) is 0 Å². The third kappa shape index (κ3) is 3.01. The minimum Gasteiger partial charge on any atom is -0.340 e. The Bertz CT molecular complexity index is 627. The summed E-state index contributed by atoms with van der Waals surface area (Å²) < 4.78 is 38.0. The van der Waals surface area contributed by atoms with Crippen molar-refractivity contribution in [3.63, 3.8) is 0 Å². The number of anilines is 1. The second-order valence-corrected chi connectivity index (χ2v) is 4.43. The molecule has 0 aromatic carbocycles. The van der Waals surface area contributed by atoms with Crippen molar-refractivity contribution in [3.8, 4) is 0 Å². The monoisotopic (exact) mass is 300 g/mol. The van der Waals surface area contributed by atoms with Crippen LogP contribution in [0.15, 0.2) is 23.4 Å². The number of pyridine rings is 1. The van der Waals surface area contributed by atoms with Crippen molar-refractivity contribution in [2.24, 2.45) is 5.10 Å². The average Bonchev–Trinajstić information content (AvgIpc) is 2.65. The van der Waals surface area contributed by atoms with Crippen LogP contribution in [-0.2, 0) is 15.8 Å². The molecule has 2 heterocycles. The fourth-order valence-electron chi connectivity index (χ4n) is 1.81. The van der Waals surface area contributed by atoms with Gasteiger partial charge >= 0.3 is 6.18 Å². The van der Waals surface area contributed by atoms with Crippen LogP contribution < -0.4 is 10.3 Å². The Morgan fingerprint density at radius 2 is 2.10 bits per heavy atom. The van der Waals surface area contributed by atoms with E-state index in [9.17, 15) is 22.8 Å². The molecule has 1 aliphatic heterocycles. The highest BCUT2D eigenvalue weighted by Gasteiger charge is 2.37. The van der Waals surface area contributed by atoms with Gasteiger partial charge in [0.05, 0.1) is 11.3 Å². The van der Waals surface area contributed by atoms with Gasteiger partial charge in [0.1, 0.15) is 0 Å². The lowest BCUT2D eigenvalue weighted by Crippen LogP contribution is -2.45. The number of hydrazone groups is 1. The van der Waals surface area contributed by atoms with Crippen molar-refractivity contribution < 1.29 is 22.8 Å². The SMILES string of the molecule is CC(=O)NC1C(=O)N(c2cc(C(F)(F)F)ccn2)N=C1C. The van der Waals surface area contributed by atoms with Crippen LogP contribution in [0.2, 0.25) is 0 Å². The van der Waals surface area contributed by atoms with Crippen LogP contribution >= 0.6 is 0 Å². The first kappa shape index (κ1) is 14.9. The van der Waals surface area contributed by atoms with E-state index in [4.69, 9.17) is 0 Å². The van der Waals surface area contributed by atoms with E-state index in [2.05, 4.69) is 15.4 Å². The summed E-state index contributed by atoms with van der Waals surface area (Å²) in [5.74, 6) is -1.35. The minimum absolute atomic E-state index is 0.248. The minimum atomic E-state index is -4.55. The molecule has 0 saturated carbocycles. The summed E-state index contributed by atoms with van der Waals surface area (Å²) in [7, 11) is 0. The van der Waals surface area contributed by atoms with Gasteiger partial charge in [-0.25, -0.2) is 4.98 Å². The van der Waals surface area contributed by atoms with Crippen molar-refractivity contribution in [3.05, 3.63) is 23.9 Å². The molecule has 6 nitrogen and oxygen atoms in total. The number of rotatable bonds is 2. The molecular weight excluding hydrogens is 289 g/mol. The molecule has 21 heavy (non-hydrogen) atoms. The molecule has 0 aliphatic carbocycles. The first-order valence-electron chi connectivity index (χ1n) is 5.89. The Morgan fingerprint density at radius 1 is 1.43 bits per heavy atom. The molecule has 1 aromatic rings. The number of amides is 2. The molecule has 0 spiro atoms. The van der Waals surface area contributed by atoms with Crippen LogP contribution in [0.5, 0.6) is 0 Å². The van der Waals surface area contributed by atoms with Crippen LogP contribution in [0.1, 0.15) is 19.4 Å². The summed E-state index contributed by atoms with van der Waals surface area (Å²) in [5.41, 5.74) is -0.662. The number of carbonyl (C=O) groups excluding carboxylic acids is 2. The fourth-order valence-corrected chi connectivity index (χ4v) is 1.81. The summed E-state index contributed by atoms with van der Waals surface area (Å²) in [5, 5.41) is 6.98. The van der Waals surface area contributed by atoms with E-state index >= 15 is 0 Å². The maximum atomic E-state index is 12.7. The van der Waals surface area contributed by atoms with Gasteiger partial charge in [-0.1, -0.05) is 0 Å². The standard InChI is InChI=1S/C12H11F3N4O2/c1-6-10(17-7(2)20)11(21)19(18-6)9-5-8(3-4-16-9)12(13,14)15/h3-5,10H,1-2H3,(H,17,20). The van der Waals surface area contributed by atoms with E-state index in [1.807, 2.05) is 0 Å². The highest BCUT2D eigenvalue weighted by atomic mass is 19.4. The predicted molar refractivity (Wildman–Crippen MR) is 67.4 cm³/mol. The van der Waals surface area contributed by atoms with E-state index in [0.717, 1.165) is 23.3 Å². The van der Waals surface area contributed by atoms with E-state index in [1.54, 1.807) is 0 Å². The number of alkyl halides is 3. The maximum absolute atomic E-state index is 12.7. The van der Waals surface area contributed by atoms with Crippen LogP contribution in [0.4, 0.5) is 19.0 Å². The fraction of sp³-hybridized carbons (Fsp3) is 0.333. The van der Waals surface area contributed by atoms with Crippen molar-refractivity contribution in [1.82, 2.24) is 10.3 Å². The summed E-state index contributed by atoms with van der Waals surface area (Å²) in [4.78, 5) is 26.8. The topological polar surface area (TPSA) is 74.7 Å². The Hall–Kier alpha value is -2.45. The second kappa shape index (κ2) is 5.15. The number of nitrogens with zero attached hydrogens (tertiary/aromatic N) is 3. The van der Waals surface area contributed by atoms with Gasteiger partial charge in [-0.2, -0.15) is 23.3 Å². The van der Waals surface area contributed by atoms with Crippen molar-refractivity contribution in [2.75, 3.05) is 5.01 Å². The third-order valence-electron chi connectivity index (χ3n) is 2.77. The maximum Gasteiger partial charge on any atom is 0.416 e. The smallest absolute Gasteiger partial charge is 0.340 e. The Kier molecular flexibility index (Phi) is 3.67. The molecule has 1 atom stereocenters. The number of carbonyl (C=O) groups is 2. The van der Waals surface area contributed by atoms with E-state index in [0.29, 0.717) is 0 Å². The van der Waals surface area contributed by atoms with E-state index in [-0.39, 0.29) is 11.5 Å². The third-order valence-corrected chi connectivity index (χ3v) is 2.77. The van der Waals surface area contributed by atoms with E-state index < -0.39 is 29.6 Å². The molecule has 1 N–H and O–H groups in total. The molecule has 0 fully saturated rings. The molecule has 9 heteroatoms. The van der Waals surface area contributed by atoms with Gasteiger partial charge in [-0.15, -0.1) is 0 Å². The Balaban J connectivity index is 2.32. The van der Waals surface area contributed by atoms with Crippen LogP contribution in [0.25, 0.3) is 0 Å². The van der Waals surface area contributed by atoms with Crippen LogP contribution in [-0.4, -0.2) is 28.6 Å². The number of hydrogen-bond acceptors (Lipinski definition) is 4. The average molecular weight is 300 g/mol. The number of hydrogen-bond donors (Lipinski definition) is 1. The van der Waals surface area contributed by atoms with Gasteiger partial charge < -0.3 is 5.32 Å². The van der Waals surface area contributed by atoms with Crippen LogP contribution in [0, 0.1) is 0 Å². The molecule has 2 amide bonds. The molecule has 112 valence electrons. The molecule has 1 aromatic heterocycles. The Morgan fingerprint density at radius 3 is 2.67 bits per heavy atom. The van der Waals surface area contributed by atoms with Gasteiger partial charge in [0, 0.05) is 13.1 Å². The quantitative estimate of drug-likeness (QED) is 0.895. The number of halogens is 3. The molecule has 1 aliphatic rings. The molecular formula is C12H11F3N4O2. The second-order valence-electron chi connectivity index (χ2n) is 4.43. The van der Waals surface area contributed by atoms with Gasteiger partial charge in [0.25, 0.3) is 5.91 Å². The number of nitrogens with one attached hydrogen (secondary N) is 1. The summed E-state index contributed by atoms with van der Waals surface area (Å²) in [6, 6.07) is 0.537. The zero-order valence-electron chi connectivity index (χ0n) is 11.1.